The lowest BCUT2D eigenvalue weighted by molar-refractivity contribution is 0.415. The molecular formula is C20H18N4O2. The Bertz CT molecular complexity index is 1040. The van der Waals surface area contributed by atoms with Gasteiger partial charge in [-0.15, -0.1) is 0 Å². The highest BCUT2D eigenvalue weighted by Crippen LogP contribution is 2.45. The topological polar surface area (TPSA) is 69.0 Å². The van der Waals surface area contributed by atoms with Gasteiger partial charge in [-0.2, -0.15) is 10.1 Å². The summed E-state index contributed by atoms with van der Waals surface area (Å²) in [6.45, 7) is 0. The summed E-state index contributed by atoms with van der Waals surface area (Å²) in [5, 5.41) is 8.29. The molecule has 2 aromatic carbocycles. The molecule has 6 heteroatoms. The minimum absolute atomic E-state index is 0.0324. The van der Waals surface area contributed by atoms with Crippen molar-refractivity contribution in [2.75, 3.05) is 12.4 Å². The van der Waals surface area contributed by atoms with Crippen molar-refractivity contribution < 1.29 is 4.74 Å². The average Bonchev–Trinajstić information content (AvgIpc) is 3.52. The summed E-state index contributed by atoms with van der Waals surface area (Å²) >= 11 is 0. The number of para-hydroxylation sites is 1. The van der Waals surface area contributed by atoms with E-state index in [1.54, 1.807) is 7.11 Å². The lowest BCUT2D eigenvalue weighted by Crippen LogP contribution is -2.32. The number of nitrogens with zero attached hydrogens (tertiary/aromatic N) is 3. The molecule has 1 aliphatic heterocycles. The number of hydrogen-bond donors (Lipinski definition) is 1. The van der Waals surface area contributed by atoms with E-state index in [9.17, 15) is 4.79 Å². The lowest BCUT2D eigenvalue weighted by atomic mass is 10.1. The molecule has 6 nitrogen and oxygen atoms in total. The molecule has 2 heterocycles. The van der Waals surface area contributed by atoms with Gasteiger partial charge in [-0.3, -0.25) is 4.79 Å². The molecule has 1 saturated carbocycles. The third-order valence-corrected chi connectivity index (χ3v) is 5.00. The van der Waals surface area contributed by atoms with Gasteiger partial charge in [-0.1, -0.05) is 12.1 Å². The van der Waals surface area contributed by atoms with Crippen LogP contribution in [0.15, 0.2) is 53.3 Å². The highest BCUT2D eigenvalue weighted by Gasteiger charge is 2.38. The quantitative estimate of drug-likeness (QED) is 0.788. The van der Waals surface area contributed by atoms with Crippen LogP contribution in [0, 0.1) is 5.92 Å². The first-order valence-electron chi connectivity index (χ1n) is 8.76. The molecular weight excluding hydrogens is 328 g/mol. The molecule has 1 fully saturated rings. The molecule has 130 valence electrons. The smallest absolute Gasteiger partial charge is 0.300 e. The van der Waals surface area contributed by atoms with Gasteiger partial charge in [0.2, 0.25) is 0 Å². The van der Waals surface area contributed by atoms with E-state index in [0.29, 0.717) is 17.4 Å². The summed E-state index contributed by atoms with van der Waals surface area (Å²) in [6.07, 6.45) is 2.35. The molecule has 1 unspecified atom stereocenters. The molecule has 1 aliphatic carbocycles. The van der Waals surface area contributed by atoms with E-state index < -0.39 is 0 Å². The predicted octanol–water partition coefficient (Wildman–Crippen LogP) is 3.32. The highest BCUT2D eigenvalue weighted by molar-refractivity contribution is 5.76. The van der Waals surface area contributed by atoms with Crippen LogP contribution in [0.25, 0.3) is 22.6 Å². The van der Waals surface area contributed by atoms with Crippen LogP contribution in [0.2, 0.25) is 0 Å². The van der Waals surface area contributed by atoms with Gasteiger partial charge in [0, 0.05) is 16.8 Å². The molecule has 5 rings (SSSR count). The van der Waals surface area contributed by atoms with E-state index in [2.05, 4.69) is 10.3 Å². The SMILES string of the molecule is COc1ccc(-c2nn3c(nc2=O)-c2ccccc2NC3C2CC2)cc1. The van der Waals surface area contributed by atoms with Gasteiger partial charge in [0.25, 0.3) is 5.56 Å². The van der Waals surface area contributed by atoms with Crippen molar-refractivity contribution in [3.05, 3.63) is 58.9 Å². The van der Waals surface area contributed by atoms with E-state index in [-0.39, 0.29) is 11.7 Å². The van der Waals surface area contributed by atoms with Crippen molar-refractivity contribution >= 4 is 5.69 Å². The van der Waals surface area contributed by atoms with Gasteiger partial charge in [0.15, 0.2) is 11.5 Å². The summed E-state index contributed by atoms with van der Waals surface area (Å²) in [5.74, 6) is 1.90. The number of fused-ring (bicyclic) bond motifs is 3. The molecule has 1 N–H and O–H groups in total. The Morgan fingerprint density at radius 1 is 1.12 bits per heavy atom. The van der Waals surface area contributed by atoms with Crippen LogP contribution in [-0.2, 0) is 0 Å². The number of nitrogens with one attached hydrogen (secondary N) is 1. The maximum atomic E-state index is 12.7. The lowest BCUT2D eigenvalue weighted by Gasteiger charge is -2.30. The van der Waals surface area contributed by atoms with Crippen molar-refractivity contribution in [2.45, 2.75) is 19.0 Å². The Morgan fingerprint density at radius 3 is 2.62 bits per heavy atom. The second kappa shape index (κ2) is 5.69. The Morgan fingerprint density at radius 2 is 1.88 bits per heavy atom. The number of anilines is 1. The van der Waals surface area contributed by atoms with Crippen molar-refractivity contribution in [1.29, 1.82) is 0 Å². The predicted molar refractivity (Wildman–Crippen MR) is 99.1 cm³/mol. The molecule has 2 aliphatic rings. The molecule has 0 radical (unpaired) electrons. The van der Waals surface area contributed by atoms with E-state index in [1.807, 2.05) is 53.2 Å². The monoisotopic (exact) mass is 346 g/mol. The van der Waals surface area contributed by atoms with Crippen LogP contribution in [0.3, 0.4) is 0 Å². The fraction of sp³-hybridized carbons (Fsp3) is 0.250. The summed E-state index contributed by atoms with van der Waals surface area (Å²) in [4.78, 5) is 17.1. The minimum atomic E-state index is -0.312. The van der Waals surface area contributed by atoms with Crippen molar-refractivity contribution in [3.63, 3.8) is 0 Å². The van der Waals surface area contributed by atoms with Gasteiger partial charge < -0.3 is 10.1 Å². The summed E-state index contributed by atoms with van der Waals surface area (Å²) < 4.78 is 7.08. The van der Waals surface area contributed by atoms with Crippen LogP contribution in [0.1, 0.15) is 19.0 Å². The fourth-order valence-electron chi connectivity index (χ4n) is 3.46. The third-order valence-electron chi connectivity index (χ3n) is 5.00. The second-order valence-electron chi connectivity index (χ2n) is 6.73. The first kappa shape index (κ1) is 15.1. The molecule has 1 aromatic heterocycles. The van der Waals surface area contributed by atoms with Gasteiger partial charge in [0.1, 0.15) is 11.9 Å². The van der Waals surface area contributed by atoms with E-state index >= 15 is 0 Å². The number of methoxy groups -OCH3 is 1. The van der Waals surface area contributed by atoms with Crippen LogP contribution >= 0.6 is 0 Å². The Balaban J connectivity index is 1.69. The maximum Gasteiger partial charge on any atom is 0.300 e. The average molecular weight is 346 g/mol. The Labute approximate surface area is 150 Å². The summed E-state index contributed by atoms with van der Waals surface area (Å²) in [7, 11) is 1.62. The molecule has 0 spiro atoms. The number of ether oxygens (including phenoxy) is 1. The van der Waals surface area contributed by atoms with E-state index in [0.717, 1.165) is 35.4 Å². The molecule has 0 saturated heterocycles. The van der Waals surface area contributed by atoms with E-state index in [1.165, 1.54) is 0 Å². The molecule has 3 aromatic rings. The van der Waals surface area contributed by atoms with Crippen molar-refractivity contribution in [2.24, 2.45) is 5.92 Å². The minimum Gasteiger partial charge on any atom is -0.497 e. The summed E-state index contributed by atoms with van der Waals surface area (Å²) in [5.41, 5.74) is 2.72. The fourth-order valence-corrected chi connectivity index (χ4v) is 3.46. The zero-order chi connectivity index (χ0) is 17.7. The number of rotatable bonds is 3. The van der Waals surface area contributed by atoms with Gasteiger partial charge in [-0.25, -0.2) is 4.68 Å². The maximum absolute atomic E-state index is 12.7. The molecule has 1 atom stereocenters. The van der Waals surface area contributed by atoms with Crippen LogP contribution in [0.4, 0.5) is 5.69 Å². The standard InChI is InChI=1S/C20H18N4O2/c1-26-14-10-8-12(9-11-14)17-20(25)22-19-15-4-2-3-5-16(15)21-18(13-6-7-13)24(19)23-17/h2-5,8-11,13,18,21H,6-7H2,1H3. The van der Waals surface area contributed by atoms with Crippen molar-refractivity contribution in [3.8, 4) is 28.4 Å². The largest absolute Gasteiger partial charge is 0.497 e. The molecule has 26 heavy (non-hydrogen) atoms. The third kappa shape index (κ3) is 2.37. The molecule has 0 amide bonds. The Hall–Kier alpha value is -3.15. The van der Waals surface area contributed by atoms with Gasteiger partial charge in [-0.05, 0) is 55.2 Å². The van der Waals surface area contributed by atoms with E-state index in [4.69, 9.17) is 9.84 Å². The number of benzene rings is 2. The van der Waals surface area contributed by atoms with Gasteiger partial charge in [0.05, 0.1) is 7.11 Å². The normalized spacial score (nSPS) is 17.8. The van der Waals surface area contributed by atoms with Crippen LogP contribution in [-0.4, -0.2) is 21.9 Å². The second-order valence-corrected chi connectivity index (χ2v) is 6.73. The van der Waals surface area contributed by atoms with Gasteiger partial charge >= 0.3 is 0 Å². The van der Waals surface area contributed by atoms with Crippen LogP contribution in [0.5, 0.6) is 5.75 Å². The van der Waals surface area contributed by atoms with Crippen LogP contribution < -0.4 is 15.6 Å². The zero-order valence-electron chi connectivity index (χ0n) is 14.3. The molecule has 0 bridgehead atoms. The highest BCUT2D eigenvalue weighted by atomic mass is 16.5. The first-order valence-corrected chi connectivity index (χ1v) is 8.76. The summed E-state index contributed by atoms with van der Waals surface area (Å²) in [6, 6.07) is 15.3. The van der Waals surface area contributed by atoms with Crippen molar-refractivity contribution in [1.82, 2.24) is 14.8 Å². The first-order chi connectivity index (χ1) is 12.7. The number of hydrogen-bond acceptors (Lipinski definition) is 5. The Kier molecular flexibility index (Phi) is 3.31. The number of aromatic nitrogens is 3. The zero-order valence-corrected chi connectivity index (χ0v) is 14.3.